The molecule has 184 valence electrons. The maximum Gasteiger partial charge on any atom is 0.254 e. The van der Waals surface area contributed by atoms with Crippen LogP contribution in [0.15, 0.2) is 48.8 Å². The average Bonchev–Trinajstić information content (AvgIpc) is 3.58. The number of carbonyl (C=O) groups is 1. The smallest absolute Gasteiger partial charge is 0.254 e. The maximum absolute atomic E-state index is 13.5. The number of aryl methyl sites for hydroxylation is 3. The van der Waals surface area contributed by atoms with Crippen LogP contribution in [0.2, 0.25) is 0 Å². The second kappa shape index (κ2) is 8.38. The molecule has 5 aromatic rings. The Labute approximate surface area is 213 Å². The molecule has 1 aliphatic rings. The summed E-state index contributed by atoms with van der Waals surface area (Å²) in [6, 6.07) is 11.1. The number of fused-ring (bicyclic) bond motifs is 4. The molecule has 0 saturated carbocycles. The fourth-order valence-electron chi connectivity index (χ4n) is 4.89. The van der Waals surface area contributed by atoms with Crippen LogP contribution < -0.4 is 10.5 Å². The molecule has 0 radical (unpaired) electrons. The molecule has 1 atom stereocenters. The summed E-state index contributed by atoms with van der Waals surface area (Å²) >= 11 is 0. The molecule has 3 aromatic heterocycles. The van der Waals surface area contributed by atoms with E-state index < -0.39 is 0 Å². The van der Waals surface area contributed by atoms with Gasteiger partial charge in [0.25, 0.3) is 5.91 Å². The Hall–Kier alpha value is -4.84. The number of nitrogen functional groups attached to an aromatic ring is 1. The number of aromatic nitrogens is 5. The lowest BCUT2D eigenvalue weighted by atomic mass is 10.0. The van der Waals surface area contributed by atoms with Crippen molar-refractivity contribution in [1.82, 2.24) is 29.4 Å². The number of nitrogens with two attached hydrogens (primary N) is 1. The van der Waals surface area contributed by atoms with Gasteiger partial charge in [-0.3, -0.25) is 14.2 Å². The van der Waals surface area contributed by atoms with E-state index in [0.29, 0.717) is 18.0 Å². The van der Waals surface area contributed by atoms with Crippen LogP contribution >= 0.6 is 0 Å². The Kier molecular flexibility index (Phi) is 5.12. The van der Waals surface area contributed by atoms with Crippen LogP contribution in [0.5, 0.6) is 5.75 Å². The summed E-state index contributed by atoms with van der Waals surface area (Å²) in [5.74, 6) is 7.43. The summed E-state index contributed by atoms with van der Waals surface area (Å²) < 4.78 is 9.48. The van der Waals surface area contributed by atoms with Crippen molar-refractivity contribution >= 4 is 33.5 Å². The number of hydrogen-bond acceptors (Lipinski definition) is 6. The van der Waals surface area contributed by atoms with Crippen LogP contribution in [0.1, 0.15) is 38.8 Å². The standard InChI is InChI=1S/C28H25N7O2/c1-16-19(14-33(2)32-16)7-5-17-6-9-20-24(15-37-25(20)11-17)34(3)28(36)18-8-10-23-21(12-18)26-22(27(29)31-23)13-30-35(26)4/h6,8-14,24H,15H2,1-4H3,(H2,29,31)/t24-/m1/s1. The minimum absolute atomic E-state index is 0.105. The van der Waals surface area contributed by atoms with Crippen molar-refractivity contribution in [2.24, 2.45) is 14.1 Å². The molecule has 9 nitrogen and oxygen atoms in total. The molecular weight excluding hydrogens is 466 g/mol. The van der Waals surface area contributed by atoms with Crippen LogP contribution in [0, 0.1) is 18.8 Å². The van der Waals surface area contributed by atoms with E-state index in [0.717, 1.165) is 49.9 Å². The number of pyridine rings is 1. The predicted molar refractivity (Wildman–Crippen MR) is 141 cm³/mol. The van der Waals surface area contributed by atoms with E-state index in [1.165, 1.54) is 0 Å². The summed E-state index contributed by atoms with van der Waals surface area (Å²) in [7, 11) is 5.53. The number of benzene rings is 2. The van der Waals surface area contributed by atoms with Crippen molar-refractivity contribution in [2.75, 3.05) is 19.4 Å². The van der Waals surface area contributed by atoms with Crippen LogP contribution in [-0.4, -0.2) is 49.0 Å². The molecule has 0 aliphatic carbocycles. The molecule has 2 aromatic carbocycles. The van der Waals surface area contributed by atoms with Gasteiger partial charge in [0, 0.05) is 49.4 Å². The zero-order valence-corrected chi connectivity index (χ0v) is 21.0. The van der Waals surface area contributed by atoms with Gasteiger partial charge in [-0.25, -0.2) is 4.98 Å². The number of amides is 1. The fourth-order valence-corrected chi connectivity index (χ4v) is 4.89. The monoisotopic (exact) mass is 491 g/mol. The Morgan fingerprint density at radius 1 is 1.16 bits per heavy atom. The third-order valence-electron chi connectivity index (χ3n) is 6.87. The first kappa shape index (κ1) is 22.6. The summed E-state index contributed by atoms with van der Waals surface area (Å²) in [6.07, 6.45) is 3.60. The number of hydrogen-bond donors (Lipinski definition) is 1. The van der Waals surface area contributed by atoms with E-state index in [1.54, 1.807) is 33.6 Å². The van der Waals surface area contributed by atoms with E-state index in [2.05, 4.69) is 27.0 Å². The van der Waals surface area contributed by atoms with Crippen molar-refractivity contribution in [1.29, 1.82) is 0 Å². The third-order valence-corrected chi connectivity index (χ3v) is 6.87. The Morgan fingerprint density at radius 3 is 2.78 bits per heavy atom. The Bertz CT molecular complexity index is 1790. The van der Waals surface area contributed by atoms with E-state index in [9.17, 15) is 4.79 Å². The quantitative estimate of drug-likeness (QED) is 0.380. The lowest BCUT2D eigenvalue weighted by Gasteiger charge is -2.24. The molecule has 0 fully saturated rings. The molecular formula is C28H25N7O2. The Morgan fingerprint density at radius 2 is 2.00 bits per heavy atom. The van der Waals surface area contributed by atoms with Gasteiger partial charge in [-0.1, -0.05) is 17.9 Å². The molecule has 4 heterocycles. The molecule has 0 saturated heterocycles. The lowest BCUT2D eigenvalue weighted by Crippen LogP contribution is -2.32. The number of ether oxygens (including phenoxy) is 1. The van der Waals surface area contributed by atoms with Crippen LogP contribution in [-0.2, 0) is 14.1 Å². The lowest BCUT2D eigenvalue weighted by molar-refractivity contribution is 0.0708. The zero-order chi connectivity index (χ0) is 25.8. The first-order valence-corrected chi connectivity index (χ1v) is 11.9. The highest BCUT2D eigenvalue weighted by Crippen LogP contribution is 2.37. The van der Waals surface area contributed by atoms with Crippen molar-refractivity contribution in [3.63, 3.8) is 0 Å². The van der Waals surface area contributed by atoms with E-state index >= 15 is 0 Å². The van der Waals surface area contributed by atoms with Gasteiger partial charge in [0.15, 0.2) is 0 Å². The Balaban J connectivity index is 1.28. The summed E-state index contributed by atoms with van der Waals surface area (Å²) in [4.78, 5) is 19.8. The van der Waals surface area contributed by atoms with E-state index in [4.69, 9.17) is 10.5 Å². The van der Waals surface area contributed by atoms with Gasteiger partial charge in [-0.15, -0.1) is 0 Å². The van der Waals surface area contributed by atoms with Gasteiger partial charge in [0.1, 0.15) is 18.2 Å². The molecule has 0 spiro atoms. The van der Waals surface area contributed by atoms with Crippen LogP contribution in [0.3, 0.4) is 0 Å². The topological polar surface area (TPSA) is 104 Å². The number of anilines is 1. The van der Waals surface area contributed by atoms with Gasteiger partial charge in [0.2, 0.25) is 0 Å². The highest BCUT2D eigenvalue weighted by Gasteiger charge is 2.31. The molecule has 9 heteroatoms. The predicted octanol–water partition coefficient (Wildman–Crippen LogP) is 3.35. The molecule has 0 bridgehead atoms. The van der Waals surface area contributed by atoms with Crippen molar-refractivity contribution in [2.45, 2.75) is 13.0 Å². The summed E-state index contributed by atoms with van der Waals surface area (Å²) in [5.41, 5.74) is 11.8. The molecule has 37 heavy (non-hydrogen) atoms. The highest BCUT2D eigenvalue weighted by atomic mass is 16.5. The summed E-state index contributed by atoms with van der Waals surface area (Å²) in [6.45, 7) is 2.32. The average molecular weight is 492 g/mol. The first-order valence-electron chi connectivity index (χ1n) is 11.9. The van der Waals surface area contributed by atoms with Gasteiger partial charge >= 0.3 is 0 Å². The van der Waals surface area contributed by atoms with Crippen molar-refractivity contribution in [3.8, 4) is 17.6 Å². The summed E-state index contributed by atoms with van der Waals surface area (Å²) in [5, 5.41) is 10.2. The van der Waals surface area contributed by atoms with Crippen molar-refractivity contribution in [3.05, 3.63) is 76.7 Å². The maximum atomic E-state index is 13.5. The normalized spacial score (nSPS) is 14.3. The minimum atomic E-state index is -0.206. The number of likely N-dealkylation sites (N-methyl/N-ethyl adjacent to an activating group) is 1. The molecule has 1 aliphatic heterocycles. The molecule has 2 N–H and O–H groups in total. The largest absolute Gasteiger partial charge is 0.491 e. The second-order valence-corrected chi connectivity index (χ2v) is 9.31. The second-order valence-electron chi connectivity index (χ2n) is 9.31. The van der Waals surface area contributed by atoms with E-state index in [1.807, 2.05) is 57.5 Å². The molecule has 0 unspecified atom stereocenters. The minimum Gasteiger partial charge on any atom is -0.491 e. The number of nitrogens with zero attached hydrogens (tertiary/aromatic N) is 6. The van der Waals surface area contributed by atoms with Crippen LogP contribution in [0.4, 0.5) is 5.82 Å². The van der Waals surface area contributed by atoms with Gasteiger partial charge in [-0.05, 0) is 37.3 Å². The number of carbonyl (C=O) groups excluding carboxylic acids is 1. The number of rotatable bonds is 2. The van der Waals surface area contributed by atoms with E-state index in [-0.39, 0.29) is 11.9 Å². The van der Waals surface area contributed by atoms with Gasteiger partial charge in [-0.2, -0.15) is 10.2 Å². The third kappa shape index (κ3) is 3.74. The van der Waals surface area contributed by atoms with Crippen LogP contribution in [0.25, 0.3) is 21.8 Å². The highest BCUT2D eigenvalue weighted by molar-refractivity contribution is 6.10. The first-order chi connectivity index (χ1) is 17.8. The van der Waals surface area contributed by atoms with Gasteiger partial charge in [0.05, 0.1) is 39.9 Å². The van der Waals surface area contributed by atoms with Gasteiger partial charge < -0.3 is 15.4 Å². The zero-order valence-electron chi connectivity index (χ0n) is 21.0. The fraction of sp³-hybridized carbons (Fsp3) is 0.214. The molecule has 6 rings (SSSR count). The van der Waals surface area contributed by atoms with Crippen molar-refractivity contribution < 1.29 is 9.53 Å². The SMILES string of the molecule is Cc1nn(C)cc1C#Cc1ccc2c(c1)OC[C@H]2N(C)C(=O)c1ccc2nc(N)c3cnn(C)c3c2c1. The molecule has 1 amide bonds.